The van der Waals surface area contributed by atoms with E-state index in [1.807, 2.05) is 54.5 Å². The summed E-state index contributed by atoms with van der Waals surface area (Å²) >= 11 is 0. The van der Waals surface area contributed by atoms with Gasteiger partial charge in [0.2, 0.25) is 5.91 Å². The van der Waals surface area contributed by atoms with Crippen molar-refractivity contribution in [1.82, 2.24) is 4.57 Å². The number of aliphatic hydroxyl groups is 1. The van der Waals surface area contributed by atoms with Gasteiger partial charge in [0.15, 0.2) is 0 Å². The van der Waals surface area contributed by atoms with Crippen molar-refractivity contribution in [2.24, 2.45) is 0 Å². The van der Waals surface area contributed by atoms with Gasteiger partial charge in [-0.25, -0.2) is 0 Å². The Morgan fingerprint density at radius 2 is 1.88 bits per heavy atom. The topological polar surface area (TPSA) is 57.5 Å². The standard InChI is InChI=1S/C20H23N3O2/c1-22(14-15-24)18-8-6-17(7-9-18)21-20(25)11-13-23-12-10-16-4-2-3-5-19(16)23/h2-10,12,24H,11,13-15H2,1H3,(H,21,25). The average molecular weight is 337 g/mol. The van der Waals surface area contributed by atoms with Gasteiger partial charge in [-0.2, -0.15) is 0 Å². The lowest BCUT2D eigenvalue weighted by molar-refractivity contribution is -0.116. The molecule has 5 nitrogen and oxygen atoms in total. The minimum atomic E-state index is -0.00533. The van der Waals surface area contributed by atoms with E-state index >= 15 is 0 Å². The van der Waals surface area contributed by atoms with E-state index in [1.54, 1.807) is 0 Å². The summed E-state index contributed by atoms with van der Waals surface area (Å²) in [5, 5.41) is 13.1. The van der Waals surface area contributed by atoms with Gasteiger partial charge in [0.1, 0.15) is 0 Å². The number of carbonyl (C=O) groups is 1. The number of carbonyl (C=O) groups excluding carboxylic acids is 1. The molecule has 5 heteroatoms. The van der Waals surface area contributed by atoms with Gasteiger partial charge in [0, 0.05) is 49.6 Å². The Morgan fingerprint density at radius 1 is 1.12 bits per heavy atom. The minimum Gasteiger partial charge on any atom is -0.395 e. The van der Waals surface area contributed by atoms with Crippen molar-refractivity contribution in [1.29, 1.82) is 0 Å². The SMILES string of the molecule is CN(CCO)c1ccc(NC(=O)CCn2ccc3ccccc32)cc1. The number of aliphatic hydroxyl groups excluding tert-OH is 1. The molecule has 1 heterocycles. The zero-order valence-corrected chi connectivity index (χ0v) is 14.4. The molecule has 0 spiro atoms. The van der Waals surface area contributed by atoms with Crippen LogP contribution in [0.25, 0.3) is 10.9 Å². The predicted octanol–water partition coefficient (Wildman–Crippen LogP) is 3.10. The zero-order valence-electron chi connectivity index (χ0n) is 14.4. The highest BCUT2D eigenvalue weighted by molar-refractivity contribution is 5.91. The maximum absolute atomic E-state index is 12.2. The number of nitrogens with zero attached hydrogens (tertiary/aromatic N) is 2. The van der Waals surface area contributed by atoms with E-state index in [4.69, 9.17) is 5.11 Å². The third kappa shape index (κ3) is 4.19. The third-order valence-corrected chi connectivity index (χ3v) is 4.29. The normalized spacial score (nSPS) is 10.8. The first-order valence-corrected chi connectivity index (χ1v) is 8.43. The Hall–Kier alpha value is -2.79. The smallest absolute Gasteiger partial charge is 0.226 e. The molecule has 0 aliphatic heterocycles. The summed E-state index contributed by atoms with van der Waals surface area (Å²) in [5.74, 6) is -0.00533. The molecule has 0 aliphatic carbocycles. The summed E-state index contributed by atoms with van der Waals surface area (Å²) in [5.41, 5.74) is 2.93. The fraction of sp³-hybridized carbons (Fsp3) is 0.250. The number of likely N-dealkylation sites (N-methyl/N-ethyl adjacent to an activating group) is 1. The van der Waals surface area contributed by atoms with Crippen LogP contribution in [0.3, 0.4) is 0 Å². The lowest BCUT2D eigenvalue weighted by Crippen LogP contribution is -2.21. The number of aryl methyl sites for hydroxylation is 1. The molecule has 0 saturated heterocycles. The second-order valence-corrected chi connectivity index (χ2v) is 6.06. The van der Waals surface area contributed by atoms with Crippen molar-refractivity contribution < 1.29 is 9.90 Å². The second kappa shape index (κ2) is 7.85. The van der Waals surface area contributed by atoms with Crippen LogP contribution in [-0.2, 0) is 11.3 Å². The van der Waals surface area contributed by atoms with Crippen molar-refractivity contribution in [3.8, 4) is 0 Å². The van der Waals surface area contributed by atoms with E-state index in [0.717, 1.165) is 16.9 Å². The summed E-state index contributed by atoms with van der Waals surface area (Å²) in [4.78, 5) is 14.2. The zero-order chi connectivity index (χ0) is 17.6. The highest BCUT2D eigenvalue weighted by atomic mass is 16.3. The maximum atomic E-state index is 12.2. The van der Waals surface area contributed by atoms with E-state index < -0.39 is 0 Å². The Morgan fingerprint density at radius 3 is 2.64 bits per heavy atom. The van der Waals surface area contributed by atoms with Gasteiger partial charge in [-0.15, -0.1) is 0 Å². The molecule has 3 rings (SSSR count). The molecule has 0 unspecified atom stereocenters. The Kier molecular flexibility index (Phi) is 5.36. The van der Waals surface area contributed by atoms with Crippen LogP contribution in [0, 0.1) is 0 Å². The summed E-state index contributed by atoms with van der Waals surface area (Å²) in [6.45, 7) is 1.34. The van der Waals surface area contributed by atoms with Gasteiger partial charge in [-0.1, -0.05) is 18.2 Å². The van der Waals surface area contributed by atoms with E-state index in [0.29, 0.717) is 19.5 Å². The maximum Gasteiger partial charge on any atom is 0.226 e. The number of amides is 1. The molecule has 0 atom stereocenters. The molecule has 2 N–H and O–H groups in total. The molecule has 0 saturated carbocycles. The molecular weight excluding hydrogens is 314 g/mol. The third-order valence-electron chi connectivity index (χ3n) is 4.29. The lowest BCUT2D eigenvalue weighted by atomic mass is 10.2. The lowest BCUT2D eigenvalue weighted by Gasteiger charge is -2.18. The summed E-state index contributed by atoms with van der Waals surface area (Å²) in [6.07, 6.45) is 2.44. The van der Waals surface area contributed by atoms with Crippen LogP contribution in [-0.4, -0.2) is 35.8 Å². The number of para-hydroxylation sites is 1. The van der Waals surface area contributed by atoms with Crippen molar-refractivity contribution >= 4 is 28.2 Å². The highest BCUT2D eigenvalue weighted by Gasteiger charge is 2.06. The van der Waals surface area contributed by atoms with Crippen LogP contribution in [0.4, 0.5) is 11.4 Å². The molecule has 2 aromatic carbocycles. The monoisotopic (exact) mass is 337 g/mol. The molecular formula is C20H23N3O2. The van der Waals surface area contributed by atoms with Crippen molar-refractivity contribution in [3.05, 3.63) is 60.8 Å². The Labute approximate surface area is 147 Å². The van der Waals surface area contributed by atoms with Crippen molar-refractivity contribution in [2.45, 2.75) is 13.0 Å². The van der Waals surface area contributed by atoms with E-state index in [2.05, 4.69) is 28.1 Å². The van der Waals surface area contributed by atoms with Gasteiger partial charge in [-0.05, 0) is 41.8 Å². The van der Waals surface area contributed by atoms with E-state index in [1.165, 1.54) is 5.39 Å². The number of benzene rings is 2. The molecule has 0 radical (unpaired) electrons. The first-order chi connectivity index (χ1) is 12.2. The van der Waals surface area contributed by atoms with Gasteiger partial charge in [-0.3, -0.25) is 4.79 Å². The van der Waals surface area contributed by atoms with Crippen molar-refractivity contribution in [2.75, 3.05) is 30.4 Å². The summed E-state index contributed by atoms with van der Waals surface area (Å²) in [7, 11) is 1.92. The first-order valence-electron chi connectivity index (χ1n) is 8.43. The van der Waals surface area contributed by atoms with Crippen LogP contribution in [0.2, 0.25) is 0 Å². The largest absolute Gasteiger partial charge is 0.395 e. The van der Waals surface area contributed by atoms with Crippen molar-refractivity contribution in [3.63, 3.8) is 0 Å². The fourth-order valence-electron chi connectivity index (χ4n) is 2.86. The molecule has 25 heavy (non-hydrogen) atoms. The molecule has 130 valence electrons. The van der Waals surface area contributed by atoms with Crippen LogP contribution in [0.1, 0.15) is 6.42 Å². The first kappa shape index (κ1) is 17.0. The molecule has 0 aliphatic rings. The number of fused-ring (bicyclic) bond motifs is 1. The van der Waals surface area contributed by atoms with Crippen LogP contribution < -0.4 is 10.2 Å². The molecule has 3 aromatic rings. The average Bonchev–Trinajstić information content (AvgIpc) is 3.04. The fourth-order valence-corrected chi connectivity index (χ4v) is 2.86. The second-order valence-electron chi connectivity index (χ2n) is 6.06. The Balaban J connectivity index is 1.55. The minimum absolute atomic E-state index is 0.00533. The molecule has 1 amide bonds. The van der Waals surface area contributed by atoms with Gasteiger partial charge in [0.05, 0.1) is 6.61 Å². The van der Waals surface area contributed by atoms with Gasteiger partial charge in [0.25, 0.3) is 0 Å². The number of rotatable bonds is 7. The quantitative estimate of drug-likeness (QED) is 0.696. The molecule has 1 aromatic heterocycles. The van der Waals surface area contributed by atoms with Crippen LogP contribution in [0.5, 0.6) is 0 Å². The molecule has 0 fully saturated rings. The predicted molar refractivity (Wildman–Crippen MR) is 102 cm³/mol. The highest BCUT2D eigenvalue weighted by Crippen LogP contribution is 2.18. The number of anilines is 2. The van der Waals surface area contributed by atoms with E-state index in [9.17, 15) is 4.79 Å². The number of hydrogen-bond donors (Lipinski definition) is 2. The number of aromatic nitrogens is 1. The van der Waals surface area contributed by atoms with Crippen LogP contribution in [0.15, 0.2) is 60.8 Å². The molecule has 0 bridgehead atoms. The summed E-state index contributed by atoms with van der Waals surface area (Å²) in [6, 6.07) is 17.9. The number of nitrogens with one attached hydrogen (secondary N) is 1. The number of hydrogen-bond acceptors (Lipinski definition) is 3. The van der Waals surface area contributed by atoms with Gasteiger partial charge >= 0.3 is 0 Å². The van der Waals surface area contributed by atoms with Gasteiger partial charge < -0.3 is 19.9 Å². The summed E-state index contributed by atoms with van der Waals surface area (Å²) < 4.78 is 2.10. The van der Waals surface area contributed by atoms with E-state index in [-0.39, 0.29) is 12.5 Å². The Bertz CT molecular complexity index is 840. The van der Waals surface area contributed by atoms with Crippen LogP contribution >= 0.6 is 0 Å².